The van der Waals surface area contributed by atoms with E-state index in [-0.39, 0.29) is 30.7 Å². The quantitative estimate of drug-likeness (QED) is 0.741. The van der Waals surface area contributed by atoms with Crippen molar-refractivity contribution >= 4 is 30.7 Å². The normalized spacial score (nSPS) is 9.65. The van der Waals surface area contributed by atoms with Crippen molar-refractivity contribution in [2.45, 2.75) is 20.3 Å². The van der Waals surface area contributed by atoms with E-state index >= 15 is 0 Å². The van der Waals surface area contributed by atoms with Crippen LogP contribution in [0.2, 0.25) is 0 Å². The zero-order valence-electron chi connectivity index (χ0n) is 13.3. The number of nitrogens with one attached hydrogen (secondary N) is 2. The fraction of sp³-hybridized carbons (Fsp3) is 0.400. The molecular formula is C15H23Cl2N5O. The minimum absolute atomic E-state index is 0. The molecule has 0 aliphatic heterocycles. The van der Waals surface area contributed by atoms with Crippen LogP contribution >= 0.6 is 24.8 Å². The Morgan fingerprint density at radius 1 is 1.22 bits per heavy atom. The summed E-state index contributed by atoms with van der Waals surface area (Å²) < 4.78 is 1.72. The Morgan fingerprint density at radius 3 is 2.61 bits per heavy atom. The molecule has 1 amide bonds. The molecule has 0 fully saturated rings. The summed E-state index contributed by atoms with van der Waals surface area (Å²) in [7, 11) is 0. The number of hydrogen-bond acceptors (Lipinski definition) is 4. The Bertz CT molecular complexity index is 589. The van der Waals surface area contributed by atoms with E-state index in [1.54, 1.807) is 17.1 Å². The van der Waals surface area contributed by atoms with E-state index in [4.69, 9.17) is 0 Å². The molecule has 128 valence electrons. The molecule has 8 heteroatoms. The molecule has 0 saturated carbocycles. The lowest BCUT2D eigenvalue weighted by molar-refractivity contribution is 0.0953. The van der Waals surface area contributed by atoms with Gasteiger partial charge in [-0.2, -0.15) is 5.10 Å². The van der Waals surface area contributed by atoms with Crippen LogP contribution in [0.1, 0.15) is 29.9 Å². The van der Waals surface area contributed by atoms with Crippen LogP contribution in [-0.2, 0) is 6.42 Å². The molecule has 0 bridgehead atoms. The average Bonchev–Trinajstić information content (AvgIpc) is 2.96. The van der Waals surface area contributed by atoms with Crippen LogP contribution in [0.4, 0.5) is 0 Å². The molecule has 0 unspecified atom stereocenters. The monoisotopic (exact) mass is 359 g/mol. The van der Waals surface area contributed by atoms with Crippen LogP contribution in [0.5, 0.6) is 0 Å². The summed E-state index contributed by atoms with van der Waals surface area (Å²) >= 11 is 0. The Kier molecular flexibility index (Phi) is 10.2. The lowest BCUT2D eigenvalue weighted by Gasteiger charge is -2.08. The first-order valence-electron chi connectivity index (χ1n) is 7.25. The predicted octanol–water partition coefficient (Wildman–Crippen LogP) is 2.01. The molecule has 0 saturated heterocycles. The highest BCUT2D eigenvalue weighted by Gasteiger charge is 2.17. The molecule has 0 aliphatic carbocycles. The summed E-state index contributed by atoms with van der Waals surface area (Å²) in [5.74, 6) is 0.632. The van der Waals surface area contributed by atoms with Crippen molar-refractivity contribution in [1.82, 2.24) is 25.4 Å². The maximum atomic E-state index is 12.2. The second-order valence-corrected chi connectivity index (χ2v) is 4.57. The number of halogens is 2. The van der Waals surface area contributed by atoms with Gasteiger partial charge in [0, 0.05) is 19.3 Å². The third kappa shape index (κ3) is 5.49. The maximum Gasteiger partial charge on any atom is 0.254 e. The number of carbonyl (C=O) groups excluding carboxylic acids is 1. The maximum absolute atomic E-state index is 12.2. The number of amides is 1. The number of aromatic nitrogens is 3. The summed E-state index contributed by atoms with van der Waals surface area (Å²) in [4.78, 5) is 16.5. The van der Waals surface area contributed by atoms with E-state index in [9.17, 15) is 4.79 Å². The summed E-state index contributed by atoms with van der Waals surface area (Å²) in [5.41, 5.74) is 1.48. The smallest absolute Gasteiger partial charge is 0.254 e. The molecule has 0 spiro atoms. The zero-order valence-corrected chi connectivity index (χ0v) is 14.9. The van der Waals surface area contributed by atoms with Gasteiger partial charge in [-0.1, -0.05) is 19.9 Å². The number of hydrogen-bond donors (Lipinski definition) is 2. The van der Waals surface area contributed by atoms with Crippen molar-refractivity contribution in [2.75, 3.05) is 19.6 Å². The Hall–Kier alpha value is -1.63. The van der Waals surface area contributed by atoms with Gasteiger partial charge in [0.25, 0.3) is 5.91 Å². The fourth-order valence-electron chi connectivity index (χ4n) is 2.12. The van der Waals surface area contributed by atoms with Gasteiger partial charge in [0.1, 0.15) is 0 Å². The molecule has 0 aromatic carbocycles. The van der Waals surface area contributed by atoms with Gasteiger partial charge in [0.15, 0.2) is 5.82 Å². The minimum Gasteiger partial charge on any atom is -0.351 e. The topological polar surface area (TPSA) is 71.8 Å². The minimum atomic E-state index is -0.0908. The summed E-state index contributed by atoms with van der Waals surface area (Å²) in [6, 6.07) is 5.63. The third-order valence-electron chi connectivity index (χ3n) is 3.15. The van der Waals surface area contributed by atoms with Gasteiger partial charge in [-0.15, -0.1) is 24.8 Å². The molecular weight excluding hydrogens is 337 g/mol. The first-order valence-corrected chi connectivity index (χ1v) is 7.25. The van der Waals surface area contributed by atoms with E-state index < -0.39 is 0 Å². The van der Waals surface area contributed by atoms with Crippen molar-refractivity contribution in [2.24, 2.45) is 0 Å². The molecule has 6 nitrogen and oxygen atoms in total. The first-order chi connectivity index (χ1) is 10.3. The zero-order chi connectivity index (χ0) is 15.1. The number of pyridine rings is 1. The lowest BCUT2D eigenvalue weighted by atomic mass is 10.2. The van der Waals surface area contributed by atoms with Crippen molar-refractivity contribution < 1.29 is 4.79 Å². The standard InChI is InChI=1S/C15H21N5O.2ClH/c1-3-13-12(15(21)18-10-9-16-4-2)11-19-20(13)14-7-5-6-8-17-14;;/h5-8,11,16H,3-4,9-10H2,1-2H3,(H,18,21);2*1H. The third-order valence-corrected chi connectivity index (χ3v) is 3.15. The van der Waals surface area contributed by atoms with Crippen molar-refractivity contribution in [3.8, 4) is 5.82 Å². The van der Waals surface area contributed by atoms with E-state index in [0.717, 1.165) is 24.6 Å². The molecule has 2 heterocycles. The van der Waals surface area contributed by atoms with Gasteiger partial charge in [-0.25, -0.2) is 9.67 Å². The van der Waals surface area contributed by atoms with E-state index in [0.29, 0.717) is 18.5 Å². The highest BCUT2D eigenvalue weighted by atomic mass is 35.5. The average molecular weight is 360 g/mol. The molecule has 2 aromatic heterocycles. The molecule has 2 rings (SSSR count). The highest BCUT2D eigenvalue weighted by molar-refractivity contribution is 5.95. The number of rotatable bonds is 7. The number of likely N-dealkylation sites (N-methyl/N-ethyl adjacent to an activating group) is 1. The van der Waals surface area contributed by atoms with E-state index in [1.165, 1.54) is 0 Å². The van der Waals surface area contributed by atoms with Gasteiger partial charge >= 0.3 is 0 Å². The molecule has 23 heavy (non-hydrogen) atoms. The van der Waals surface area contributed by atoms with Crippen LogP contribution < -0.4 is 10.6 Å². The van der Waals surface area contributed by atoms with Crippen molar-refractivity contribution in [3.05, 3.63) is 41.9 Å². The second-order valence-electron chi connectivity index (χ2n) is 4.57. The van der Waals surface area contributed by atoms with Gasteiger partial charge in [-0.05, 0) is 25.1 Å². The van der Waals surface area contributed by atoms with Crippen molar-refractivity contribution in [3.63, 3.8) is 0 Å². The Balaban J connectivity index is 0.00000242. The molecule has 0 radical (unpaired) electrons. The van der Waals surface area contributed by atoms with Crippen LogP contribution in [0.3, 0.4) is 0 Å². The van der Waals surface area contributed by atoms with Crippen molar-refractivity contribution in [1.29, 1.82) is 0 Å². The SMILES string of the molecule is CCNCCNC(=O)c1cnn(-c2ccccn2)c1CC.Cl.Cl. The van der Waals surface area contributed by atoms with E-state index in [2.05, 4.69) is 20.7 Å². The van der Waals surface area contributed by atoms with Gasteiger partial charge in [0.2, 0.25) is 0 Å². The second kappa shape index (κ2) is 11.0. The van der Waals surface area contributed by atoms with E-state index in [1.807, 2.05) is 32.0 Å². The Labute approximate surface area is 148 Å². The lowest BCUT2D eigenvalue weighted by Crippen LogP contribution is -2.32. The molecule has 0 atom stereocenters. The van der Waals surface area contributed by atoms with Crippen LogP contribution in [0.25, 0.3) is 5.82 Å². The van der Waals surface area contributed by atoms with Gasteiger partial charge in [-0.3, -0.25) is 4.79 Å². The summed E-state index contributed by atoms with van der Waals surface area (Å²) in [6.45, 7) is 6.30. The summed E-state index contributed by atoms with van der Waals surface area (Å²) in [6.07, 6.45) is 4.04. The van der Waals surface area contributed by atoms with Crippen LogP contribution in [-0.4, -0.2) is 40.3 Å². The highest BCUT2D eigenvalue weighted by Crippen LogP contribution is 2.13. The molecule has 2 N–H and O–H groups in total. The first kappa shape index (κ1) is 21.4. The fourth-order valence-corrected chi connectivity index (χ4v) is 2.12. The van der Waals surface area contributed by atoms with Gasteiger partial charge < -0.3 is 10.6 Å². The number of carbonyl (C=O) groups is 1. The van der Waals surface area contributed by atoms with Gasteiger partial charge in [0.05, 0.1) is 17.5 Å². The molecule has 2 aromatic rings. The number of nitrogens with zero attached hydrogens (tertiary/aromatic N) is 3. The largest absolute Gasteiger partial charge is 0.351 e. The van der Waals surface area contributed by atoms with Crippen LogP contribution in [0, 0.1) is 0 Å². The molecule has 0 aliphatic rings. The van der Waals surface area contributed by atoms with Crippen LogP contribution in [0.15, 0.2) is 30.6 Å². The summed E-state index contributed by atoms with van der Waals surface area (Å²) in [5, 5.41) is 10.4. The Morgan fingerprint density at radius 2 is 2.00 bits per heavy atom. The predicted molar refractivity (Wildman–Crippen MR) is 96.1 cm³/mol.